The van der Waals surface area contributed by atoms with Gasteiger partial charge in [-0.15, -0.1) is 11.3 Å². The fraction of sp³-hybridized carbons (Fsp3) is 0.667. The Morgan fingerprint density at radius 2 is 2.38 bits per heavy atom. The van der Waals surface area contributed by atoms with Gasteiger partial charge in [-0.2, -0.15) is 0 Å². The van der Waals surface area contributed by atoms with Crippen molar-refractivity contribution in [2.45, 2.75) is 25.8 Å². The van der Waals surface area contributed by atoms with Crippen LogP contribution in [0, 0.1) is 0 Å². The van der Waals surface area contributed by atoms with Crippen molar-refractivity contribution in [2.75, 3.05) is 44.9 Å². The maximum Gasteiger partial charge on any atom is 0.323 e. The first-order valence-electron chi connectivity index (χ1n) is 7.96. The molecule has 0 bridgehead atoms. The minimum absolute atomic E-state index is 0.0830. The quantitative estimate of drug-likeness (QED) is 0.638. The van der Waals surface area contributed by atoms with Crippen molar-refractivity contribution >= 4 is 28.4 Å². The van der Waals surface area contributed by atoms with Crippen LogP contribution in [0.3, 0.4) is 0 Å². The number of methoxy groups -OCH3 is 1. The van der Waals surface area contributed by atoms with Gasteiger partial charge in [0.05, 0.1) is 31.9 Å². The molecule has 3 amide bonds. The number of ether oxygens (including phenoxy) is 2. The lowest BCUT2D eigenvalue weighted by Gasteiger charge is -2.24. The average molecular weight is 356 g/mol. The maximum atomic E-state index is 12.0. The summed E-state index contributed by atoms with van der Waals surface area (Å²) in [7, 11) is 1.62. The number of carbonyl (C=O) groups is 2. The van der Waals surface area contributed by atoms with Gasteiger partial charge in [0.25, 0.3) is 0 Å². The number of anilines is 1. The SMILES string of the molecule is COCCOC[C@H](C)NC(=O)Cc1csc(N2CCCNC2=O)n1. The number of thiazole rings is 1. The van der Waals surface area contributed by atoms with Crippen LogP contribution in [0.25, 0.3) is 0 Å². The predicted molar refractivity (Wildman–Crippen MR) is 91.5 cm³/mol. The summed E-state index contributed by atoms with van der Waals surface area (Å²) in [5.74, 6) is -0.113. The molecular formula is C15H24N4O4S. The second-order valence-electron chi connectivity index (χ2n) is 5.57. The van der Waals surface area contributed by atoms with Gasteiger partial charge in [0.2, 0.25) is 5.91 Å². The molecule has 2 rings (SSSR count). The Kier molecular flexibility index (Phi) is 7.41. The van der Waals surface area contributed by atoms with E-state index in [0.29, 0.717) is 43.7 Å². The molecule has 0 aliphatic carbocycles. The smallest absolute Gasteiger partial charge is 0.323 e. The molecule has 1 aliphatic heterocycles. The van der Waals surface area contributed by atoms with Gasteiger partial charge >= 0.3 is 6.03 Å². The minimum Gasteiger partial charge on any atom is -0.382 e. The van der Waals surface area contributed by atoms with Crippen LogP contribution >= 0.6 is 11.3 Å². The number of rotatable bonds is 9. The molecule has 0 unspecified atom stereocenters. The summed E-state index contributed by atoms with van der Waals surface area (Å²) in [4.78, 5) is 29.8. The highest BCUT2D eigenvalue weighted by atomic mass is 32.1. The summed E-state index contributed by atoms with van der Waals surface area (Å²) in [6.45, 7) is 4.71. The van der Waals surface area contributed by atoms with E-state index >= 15 is 0 Å². The lowest BCUT2D eigenvalue weighted by Crippen LogP contribution is -2.46. The molecule has 134 valence electrons. The van der Waals surface area contributed by atoms with Crippen LogP contribution < -0.4 is 15.5 Å². The predicted octanol–water partition coefficient (Wildman–Crippen LogP) is 0.773. The van der Waals surface area contributed by atoms with E-state index in [0.717, 1.165) is 6.42 Å². The topological polar surface area (TPSA) is 92.8 Å². The molecule has 2 heterocycles. The zero-order valence-electron chi connectivity index (χ0n) is 14.0. The fourth-order valence-corrected chi connectivity index (χ4v) is 3.10. The monoisotopic (exact) mass is 356 g/mol. The van der Waals surface area contributed by atoms with Gasteiger partial charge < -0.3 is 20.1 Å². The molecule has 24 heavy (non-hydrogen) atoms. The Hall–Kier alpha value is -1.71. The van der Waals surface area contributed by atoms with Crippen LogP contribution in [0.15, 0.2) is 5.38 Å². The lowest BCUT2D eigenvalue weighted by molar-refractivity contribution is -0.121. The number of urea groups is 1. The second kappa shape index (κ2) is 9.55. The van der Waals surface area contributed by atoms with Gasteiger partial charge in [0, 0.05) is 31.6 Å². The van der Waals surface area contributed by atoms with Gasteiger partial charge in [0.1, 0.15) is 0 Å². The molecular weight excluding hydrogens is 332 g/mol. The Labute approximate surface area is 145 Å². The van der Waals surface area contributed by atoms with Crippen molar-refractivity contribution < 1.29 is 19.1 Å². The van der Waals surface area contributed by atoms with Crippen LogP contribution in [-0.2, 0) is 20.7 Å². The molecule has 1 fully saturated rings. The van der Waals surface area contributed by atoms with Crippen LogP contribution in [0.2, 0.25) is 0 Å². The molecule has 9 heteroatoms. The summed E-state index contributed by atoms with van der Waals surface area (Å²) in [6.07, 6.45) is 1.08. The Balaban J connectivity index is 1.77. The first-order valence-corrected chi connectivity index (χ1v) is 8.84. The van der Waals surface area contributed by atoms with Gasteiger partial charge in [0.15, 0.2) is 5.13 Å². The van der Waals surface area contributed by atoms with Crippen molar-refractivity contribution in [1.29, 1.82) is 0 Å². The number of hydrogen-bond donors (Lipinski definition) is 2. The maximum absolute atomic E-state index is 12.0. The van der Waals surface area contributed by atoms with E-state index in [1.165, 1.54) is 11.3 Å². The molecule has 1 aliphatic rings. The molecule has 0 radical (unpaired) electrons. The largest absolute Gasteiger partial charge is 0.382 e. The number of carbonyl (C=O) groups excluding carboxylic acids is 2. The molecule has 0 saturated carbocycles. The van der Waals surface area contributed by atoms with E-state index in [2.05, 4.69) is 15.6 Å². The van der Waals surface area contributed by atoms with Crippen molar-refractivity contribution in [3.63, 3.8) is 0 Å². The van der Waals surface area contributed by atoms with Crippen molar-refractivity contribution in [3.05, 3.63) is 11.1 Å². The second-order valence-corrected chi connectivity index (χ2v) is 6.41. The van der Waals surface area contributed by atoms with Gasteiger partial charge in [-0.25, -0.2) is 9.78 Å². The van der Waals surface area contributed by atoms with Crippen LogP contribution in [0.1, 0.15) is 19.0 Å². The first-order chi connectivity index (χ1) is 11.6. The zero-order chi connectivity index (χ0) is 17.4. The van der Waals surface area contributed by atoms with E-state index in [9.17, 15) is 9.59 Å². The van der Waals surface area contributed by atoms with E-state index in [-0.39, 0.29) is 24.4 Å². The Morgan fingerprint density at radius 3 is 3.12 bits per heavy atom. The third kappa shape index (κ3) is 5.73. The molecule has 8 nitrogen and oxygen atoms in total. The summed E-state index contributed by atoms with van der Waals surface area (Å²) in [5.41, 5.74) is 0.665. The number of amides is 3. The molecule has 2 N–H and O–H groups in total. The molecule has 1 aromatic rings. The highest BCUT2D eigenvalue weighted by Gasteiger charge is 2.22. The Bertz CT molecular complexity index is 551. The molecule has 0 spiro atoms. The van der Waals surface area contributed by atoms with Gasteiger partial charge in [-0.3, -0.25) is 9.69 Å². The average Bonchev–Trinajstić information content (AvgIpc) is 3.00. The fourth-order valence-electron chi connectivity index (χ4n) is 2.25. The number of hydrogen-bond acceptors (Lipinski definition) is 6. The van der Waals surface area contributed by atoms with Crippen molar-refractivity contribution in [2.24, 2.45) is 0 Å². The van der Waals surface area contributed by atoms with Crippen LogP contribution in [0.5, 0.6) is 0 Å². The third-order valence-corrected chi connectivity index (χ3v) is 4.31. The summed E-state index contributed by atoms with van der Waals surface area (Å²) in [6, 6.07) is -0.214. The van der Waals surface area contributed by atoms with E-state index in [1.54, 1.807) is 12.0 Å². The third-order valence-electron chi connectivity index (χ3n) is 3.40. The summed E-state index contributed by atoms with van der Waals surface area (Å²) < 4.78 is 10.3. The molecule has 1 atom stereocenters. The molecule has 1 saturated heterocycles. The van der Waals surface area contributed by atoms with Gasteiger partial charge in [-0.1, -0.05) is 0 Å². The first kappa shape index (κ1) is 18.6. The highest BCUT2D eigenvalue weighted by Crippen LogP contribution is 2.22. The number of aromatic nitrogens is 1. The molecule has 0 aromatic carbocycles. The van der Waals surface area contributed by atoms with E-state index < -0.39 is 0 Å². The number of nitrogens with zero attached hydrogens (tertiary/aromatic N) is 2. The Morgan fingerprint density at radius 1 is 1.54 bits per heavy atom. The van der Waals surface area contributed by atoms with E-state index in [4.69, 9.17) is 9.47 Å². The van der Waals surface area contributed by atoms with Crippen LogP contribution in [-0.4, -0.2) is 63.0 Å². The number of nitrogens with one attached hydrogen (secondary N) is 2. The highest BCUT2D eigenvalue weighted by molar-refractivity contribution is 7.14. The summed E-state index contributed by atoms with van der Waals surface area (Å²) >= 11 is 1.38. The van der Waals surface area contributed by atoms with Crippen molar-refractivity contribution in [3.8, 4) is 0 Å². The normalized spacial score (nSPS) is 15.9. The standard InChI is InChI=1S/C15H24N4O4S/c1-11(9-23-7-6-22-2)17-13(20)8-12-10-24-15(18-12)19-5-3-4-16-14(19)21/h10-11H,3-9H2,1-2H3,(H,16,21)(H,17,20)/t11-/m0/s1. The van der Waals surface area contributed by atoms with Crippen LogP contribution in [0.4, 0.5) is 9.93 Å². The molecule has 1 aromatic heterocycles. The zero-order valence-corrected chi connectivity index (χ0v) is 14.9. The van der Waals surface area contributed by atoms with Gasteiger partial charge in [-0.05, 0) is 13.3 Å². The van der Waals surface area contributed by atoms with Crippen molar-refractivity contribution in [1.82, 2.24) is 15.6 Å². The lowest BCUT2D eigenvalue weighted by atomic mass is 10.3. The van der Waals surface area contributed by atoms with E-state index in [1.807, 2.05) is 12.3 Å². The summed E-state index contributed by atoms with van der Waals surface area (Å²) in [5, 5.41) is 8.10. The minimum atomic E-state index is -0.131.